The molecule has 0 saturated heterocycles. The Morgan fingerprint density at radius 3 is 1.85 bits per heavy atom. The second kappa shape index (κ2) is 11.1. The fourth-order valence-electron chi connectivity index (χ4n) is 3.35. The molecule has 0 radical (unpaired) electrons. The minimum absolute atomic E-state index is 0.0271. The first-order valence-electron chi connectivity index (χ1n) is 10.8. The molecule has 3 aromatic carbocycles. The Hall–Kier alpha value is -3.49. The summed E-state index contributed by atoms with van der Waals surface area (Å²) in [4.78, 5) is 27.6. The first kappa shape index (κ1) is 25.1. The second-order valence-electron chi connectivity index (χ2n) is 8.03. The molecule has 0 aliphatic heterocycles. The minimum Gasteiger partial charge on any atom is -0.449 e. The molecule has 178 valence electrons. The van der Waals surface area contributed by atoms with Crippen molar-refractivity contribution in [1.82, 2.24) is 9.21 Å². The predicted molar refractivity (Wildman–Crippen MR) is 129 cm³/mol. The molecule has 0 bridgehead atoms. The standard InChI is InChI=1S/C26H28N2O5S/c1-20(33-26(30)23-15-10-16-24(17-23)34(31,32)27(2)3)25(29)28(18-21-11-6-4-7-12-21)19-22-13-8-5-9-14-22/h4-17,20H,18-19H2,1-3H3. The van der Waals surface area contributed by atoms with Gasteiger partial charge in [-0.3, -0.25) is 4.79 Å². The molecular formula is C26H28N2O5S. The highest BCUT2D eigenvalue weighted by atomic mass is 32.2. The maximum Gasteiger partial charge on any atom is 0.338 e. The van der Waals surface area contributed by atoms with Crippen LogP contribution in [0.25, 0.3) is 0 Å². The molecule has 0 heterocycles. The molecule has 0 saturated carbocycles. The summed E-state index contributed by atoms with van der Waals surface area (Å²) in [6.45, 7) is 2.23. The van der Waals surface area contributed by atoms with E-state index >= 15 is 0 Å². The zero-order valence-corrected chi connectivity index (χ0v) is 20.2. The molecule has 0 fully saturated rings. The van der Waals surface area contributed by atoms with Crippen LogP contribution in [0.15, 0.2) is 89.8 Å². The molecule has 0 aliphatic rings. The molecule has 7 nitrogen and oxygen atoms in total. The van der Waals surface area contributed by atoms with Crippen LogP contribution in [0.2, 0.25) is 0 Å². The van der Waals surface area contributed by atoms with Crippen molar-refractivity contribution in [2.75, 3.05) is 14.1 Å². The predicted octanol–water partition coefficient (Wildman–Crippen LogP) is 3.71. The van der Waals surface area contributed by atoms with E-state index in [4.69, 9.17) is 4.74 Å². The van der Waals surface area contributed by atoms with E-state index in [1.54, 1.807) is 4.90 Å². The molecule has 0 N–H and O–H groups in total. The van der Waals surface area contributed by atoms with Crippen molar-refractivity contribution in [1.29, 1.82) is 0 Å². The van der Waals surface area contributed by atoms with E-state index in [0.717, 1.165) is 15.4 Å². The van der Waals surface area contributed by atoms with Crippen LogP contribution in [0, 0.1) is 0 Å². The van der Waals surface area contributed by atoms with Gasteiger partial charge in [0.15, 0.2) is 6.10 Å². The summed E-state index contributed by atoms with van der Waals surface area (Å²) in [6, 6.07) is 24.7. The molecule has 34 heavy (non-hydrogen) atoms. The van der Waals surface area contributed by atoms with Gasteiger partial charge in [-0.25, -0.2) is 17.5 Å². The summed E-state index contributed by atoms with van der Waals surface area (Å²) in [5.41, 5.74) is 1.96. The van der Waals surface area contributed by atoms with E-state index in [1.807, 2.05) is 60.7 Å². The number of hydrogen-bond donors (Lipinski definition) is 0. The number of rotatable bonds is 9. The van der Waals surface area contributed by atoms with Crippen LogP contribution < -0.4 is 0 Å². The van der Waals surface area contributed by atoms with Crippen LogP contribution in [0.3, 0.4) is 0 Å². The summed E-state index contributed by atoms with van der Waals surface area (Å²) in [5.74, 6) is -1.12. The van der Waals surface area contributed by atoms with Gasteiger partial charge in [0.2, 0.25) is 10.0 Å². The molecule has 3 aromatic rings. The van der Waals surface area contributed by atoms with E-state index in [-0.39, 0.29) is 16.4 Å². The van der Waals surface area contributed by atoms with E-state index in [9.17, 15) is 18.0 Å². The lowest BCUT2D eigenvalue weighted by molar-refractivity contribution is -0.141. The number of hydrogen-bond acceptors (Lipinski definition) is 5. The molecule has 0 spiro atoms. The molecule has 3 rings (SSSR count). The third-order valence-electron chi connectivity index (χ3n) is 5.22. The first-order valence-corrected chi connectivity index (χ1v) is 12.2. The SMILES string of the molecule is CC(OC(=O)c1cccc(S(=O)(=O)N(C)C)c1)C(=O)N(Cc1ccccc1)Cc1ccccc1. The Labute approximate surface area is 200 Å². The van der Waals surface area contributed by atoms with Gasteiger partial charge >= 0.3 is 5.97 Å². The number of carbonyl (C=O) groups excluding carboxylic acids is 2. The summed E-state index contributed by atoms with van der Waals surface area (Å²) < 4.78 is 31.3. The first-order chi connectivity index (χ1) is 16.2. The van der Waals surface area contributed by atoms with Gasteiger partial charge in [0.05, 0.1) is 10.5 Å². The monoisotopic (exact) mass is 480 g/mol. The zero-order chi connectivity index (χ0) is 24.7. The van der Waals surface area contributed by atoms with E-state index in [1.165, 1.54) is 45.3 Å². The Kier molecular flexibility index (Phi) is 8.20. The van der Waals surface area contributed by atoms with E-state index < -0.39 is 22.1 Å². The van der Waals surface area contributed by atoms with Crippen molar-refractivity contribution >= 4 is 21.9 Å². The molecule has 0 aromatic heterocycles. The summed E-state index contributed by atoms with van der Waals surface area (Å²) >= 11 is 0. The quantitative estimate of drug-likeness (QED) is 0.436. The van der Waals surface area contributed by atoms with Crippen LogP contribution in [-0.4, -0.2) is 49.7 Å². The summed E-state index contributed by atoms with van der Waals surface area (Å²) in [6.07, 6.45) is -1.06. The lowest BCUT2D eigenvalue weighted by Crippen LogP contribution is -2.39. The zero-order valence-electron chi connectivity index (χ0n) is 19.4. The number of esters is 1. The van der Waals surface area contributed by atoms with Crippen molar-refractivity contribution in [3.63, 3.8) is 0 Å². The largest absolute Gasteiger partial charge is 0.449 e. The van der Waals surface area contributed by atoms with Gasteiger partial charge in [-0.2, -0.15) is 0 Å². The van der Waals surface area contributed by atoms with Crippen LogP contribution in [-0.2, 0) is 32.6 Å². The van der Waals surface area contributed by atoms with Crippen molar-refractivity contribution in [3.05, 3.63) is 102 Å². The lowest BCUT2D eigenvalue weighted by Gasteiger charge is -2.26. The van der Waals surface area contributed by atoms with Gasteiger partial charge < -0.3 is 9.64 Å². The Bertz CT molecular complexity index is 1190. The van der Waals surface area contributed by atoms with Crippen LogP contribution >= 0.6 is 0 Å². The van der Waals surface area contributed by atoms with Gasteiger partial charge in [-0.15, -0.1) is 0 Å². The van der Waals surface area contributed by atoms with Gasteiger partial charge in [0, 0.05) is 27.2 Å². The highest BCUT2D eigenvalue weighted by molar-refractivity contribution is 7.89. The van der Waals surface area contributed by atoms with Crippen molar-refractivity contribution < 1.29 is 22.7 Å². The van der Waals surface area contributed by atoms with Gasteiger partial charge in [0.1, 0.15) is 0 Å². The number of benzene rings is 3. The number of sulfonamides is 1. The third kappa shape index (κ3) is 6.30. The molecular weight excluding hydrogens is 452 g/mol. The highest BCUT2D eigenvalue weighted by Crippen LogP contribution is 2.17. The van der Waals surface area contributed by atoms with Crippen LogP contribution in [0.5, 0.6) is 0 Å². The Morgan fingerprint density at radius 2 is 1.35 bits per heavy atom. The number of nitrogens with zero attached hydrogens (tertiary/aromatic N) is 2. The van der Waals surface area contributed by atoms with Crippen molar-refractivity contribution in [2.45, 2.75) is 31.0 Å². The minimum atomic E-state index is -3.71. The topological polar surface area (TPSA) is 84.0 Å². The number of amides is 1. The normalized spacial score (nSPS) is 12.2. The number of ether oxygens (including phenoxy) is 1. The van der Waals surface area contributed by atoms with Gasteiger partial charge in [-0.1, -0.05) is 66.7 Å². The fraction of sp³-hybridized carbons (Fsp3) is 0.231. The Morgan fingerprint density at radius 1 is 0.824 bits per heavy atom. The van der Waals surface area contributed by atoms with Gasteiger partial charge in [-0.05, 0) is 36.2 Å². The highest BCUT2D eigenvalue weighted by Gasteiger charge is 2.26. The smallest absolute Gasteiger partial charge is 0.338 e. The molecule has 1 amide bonds. The molecule has 1 unspecified atom stereocenters. The van der Waals surface area contributed by atoms with Crippen molar-refractivity contribution in [2.24, 2.45) is 0 Å². The van der Waals surface area contributed by atoms with Crippen molar-refractivity contribution in [3.8, 4) is 0 Å². The average Bonchev–Trinajstić information content (AvgIpc) is 2.84. The molecule has 1 atom stereocenters. The number of carbonyl (C=O) groups is 2. The lowest BCUT2D eigenvalue weighted by atomic mass is 10.1. The average molecular weight is 481 g/mol. The second-order valence-corrected chi connectivity index (χ2v) is 10.2. The van der Waals surface area contributed by atoms with Crippen LogP contribution in [0.4, 0.5) is 0 Å². The van der Waals surface area contributed by atoms with Crippen LogP contribution in [0.1, 0.15) is 28.4 Å². The van der Waals surface area contributed by atoms with Gasteiger partial charge in [0.25, 0.3) is 5.91 Å². The third-order valence-corrected chi connectivity index (χ3v) is 7.04. The molecule has 0 aliphatic carbocycles. The summed E-state index contributed by atoms with van der Waals surface area (Å²) in [7, 11) is -0.886. The maximum absolute atomic E-state index is 13.3. The van der Waals surface area contributed by atoms with E-state index in [0.29, 0.717) is 13.1 Å². The summed E-state index contributed by atoms with van der Waals surface area (Å²) in [5, 5.41) is 0. The maximum atomic E-state index is 13.3. The molecule has 8 heteroatoms. The van der Waals surface area contributed by atoms with E-state index in [2.05, 4.69) is 0 Å². The fourth-order valence-corrected chi connectivity index (χ4v) is 4.30. The Balaban J connectivity index is 1.77.